The third-order valence-corrected chi connectivity index (χ3v) is 5.35. The lowest BCUT2D eigenvalue weighted by atomic mass is 10.1. The predicted molar refractivity (Wildman–Crippen MR) is 108 cm³/mol. The van der Waals surface area contributed by atoms with Crippen LogP contribution in [0.4, 0.5) is 5.69 Å². The molecule has 1 atom stereocenters. The highest BCUT2D eigenvalue weighted by Crippen LogP contribution is 2.37. The van der Waals surface area contributed by atoms with Crippen molar-refractivity contribution in [1.82, 2.24) is 0 Å². The summed E-state index contributed by atoms with van der Waals surface area (Å²) < 4.78 is 0. The maximum Gasteiger partial charge on any atom is 0.242 e. The first-order chi connectivity index (χ1) is 12.5. The van der Waals surface area contributed by atoms with E-state index in [1.807, 2.05) is 74.5 Å². The second-order valence-electron chi connectivity index (χ2n) is 6.21. The van der Waals surface area contributed by atoms with Crippen molar-refractivity contribution in [2.45, 2.75) is 24.0 Å². The van der Waals surface area contributed by atoms with Gasteiger partial charge in [0.1, 0.15) is 11.0 Å². The number of phenols is 1. The van der Waals surface area contributed by atoms with Crippen LogP contribution in [0.15, 0.2) is 77.7 Å². The minimum Gasteiger partial charge on any atom is -0.508 e. The van der Waals surface area contributed by atoms with Crippen molar-refractivity contribution in [2.24, 2.45) is 0 Å². The predicted octanol–water partition coefficient (Wildman–Crippen LogP) is 5.48. The van der Waals surface area contributed by atoms with Gasteiger partial charge in [0.05, 0.1) is 0 Å². The van der Waals surface area contributed by atoms with Gasteiger partial charge in [0, 0.05) is 10.6 Å². The van der Waals surface area contributed by atoms with Crippen molar-refractivity contribution >= 4 is 23.4 Å². The van der Waals surface area contributed by atoms with Gasteiger partial charge in [-0.1, -0.05) is 42.5 Å². The first kappa shape index (κ1) is 18.1. The molecule has 3 rings (SSSR count). The van der Waals surface area contributed by atoms with Crippen LogP contribution in [-0.4, -0.2) is 11.0 Å². The number of aromatic hydroxyl groups is 1. The Bertz CT molecular complexity index is 892. The van der Waals surface area contributed by atoms with Crippen molar-refractivity contribution in [3.05, 3.63) is 89.5 Å². The molecule has 2 N–H and O–H groups in total. The van der Waals surface area contributed by atoms with Gasteiger partial charge in [-0.3, -0.25) is 4.79 Å². The number of carbonyl (C=O) groups excluding carboxylic acids is 1. The van der Waals surface area contributed by atoms with Gasteiger partial charge in [-0.2, -0.15) is 0 Å². The quantitative estimate of drug-likeness (QED) is 0.590. The fraction of sp³-hybridized carbons (Fsp3) is 0.136. The highest BCUT2D eigenvalue weighted by atomic mass is 32.2. The lowest BCUT2D eigenvalue weighted by Gasteiger charge is -2.18. The van der Waals surface area contributed by atoms with Gasteiger partial charge in [-0.05, 0) is 60.9 Å². The zero-order valence-corrected chi connectivity index (χ0v) is 15.6. The number of rotatable bonds is 5. The Morgan fingerprint density at radius 3 is 2.35 bits per heavy atom. The van der Waals surface area contributed by atoms with Crippen LogP contribution < -0.4 is 5.32 Å². The van der Waals surface area contributed by atoms with E-state index in [-0.39, 0.29) is 16.9 Å². The van der Waals surface area contributed by atoms with E-state index in [1.165, 1.54) is 11.8 Å². The number of benzene rings is 3. The minimum atomic E-state index is -0.388. The molecule has 26 heavy (non-hydrogen) atoms. The Morgan fingerprint density at radius 2 is 1.65 bits per heavy atom. The van der Waals surface area contributed by atoms with E-state index in [0.29, 0.717) is 0 Å². The number of amides is 1. The SMILES string of the molecule is Cc1ccc(C)c(NC(=O)C(Sc2ccc(O)cc2)c2ccccc2)c1. The lowest BCUT2D eigenvalue weighted by molar-refractivity contribution is -0.115. The van der Waals surface area contributed by atoms with E-state index in [2.05, 4.69) is 5.32 Å². The molecule has 0 radical (unpaired) electrons. The van der Waals surface area contributed by atoms with E-state index in [4.69, 9.17) is 0 Å². The van der Waals surface area contributed by atoms with Crippen LogP contribution in [0.1, 0.15) is 21.9 Å². The Kier molecular flexibility index (Phi) is 5.64. The van der Waals surface area contributed by atoms with Crippen LogP contribution in [0.5, 0.6) is 5.75 Å². The molecular formula is C22H21NO2S. The Morgan fingerprint density at radius 1 is 0.962 bits per heavy atom. The van der Waals surface area contributed by atoms with Gasteiger partial charge in [0.25, 0.3) is 0 Å². The molecule has 0 aliphatic carbocycles. The molecule has 0 aliphatic heterocycles. The fourth-order valence-corrected chi connectivity index (χ4v) is 3.65. The third-order valence-electron chi connectivity index (χ3n) is 4.08. The minimum absolute atomic E-state index is 0.0667. The van der Waals surface area contributed by atoms with Crippen molar-refractivity contribution in [3.8, 4) is 5.75 Å². The number of hydrogen-bond acceptors (Lipinski definition) is 3. The summed E-state index contributed by atoms with van der Waals surface area (Å²) in [6.45, 7) is 3.99. The summed E-state index contributed by atoms with van der Waals surface area (Å²) in [5.41, 5.74) is 3.91. The highest BCUT2D eigenvalue weighted by molar-refractivity contribution is 8.00. The van der Waals surface area contributed by atoms with Gasteiger partial charge in [0.15, 0.2) is 0 Å². The van der Waals surface area contributed by atoms with E-state index >= 15 is 0 Å². The Labute approximate surface area is 158 Å². The molecule has 1 unspecified atom stereocenters. The number of aryl methyl sites for hydroxylation is 2. The molecule has 1 amide bonds. The van der Waals surface area contributed by atoms with E-state index in [0.717, 1.165) is 27.3 Å². The molecule has 3 aromatic rings. The van der Waals surface area contributed by atoms with Crippen molar-refractivity contribution in [3.63, 3.8) is 0 Å². The Balaban J connectivity index is 1.88. The summed E-state index contributed by atoms with van der Waals surface area (Å²) in [7, 11) is 0. The largest absolute Gasteiger partial charge is 0.508 e. The zero-order chi connectivity index (χ0) is 18.5. The molecule has 132 valence electrons. The van der Waals surface area contributed by atoms with E-state index < -0.39 is 0 Å². The molecule has 0 saturated heterocycles. The lowest BCUT2D eigenvalue weighted by Crippen LogP contribution is -2.19. The monoisotopic (exact) mass is 363 g/mol. The van der Waals surface area contributed by atoms with Crippen LogP contribution in [-0.2, 0) is 4.79 Å². The first-order valence-corrected chi connectivity index (χ1v) is 9.29. The van der Waals surface area contributed by atoms with Crippen LogP contribution in [0, 0.1) is 13.8 Å². The standard InChI is InChI=1S/C22H21NO2S/c1-15-8-9-16(2)20(14-15)23-22(25)21(17-6-4-3-5-7-17)26-19-12-10-18(24)11-13-19/h3-14,21,24H,1-2H3,(H,23,25). The molecule has 0 heterocycles. The van der Waals surface area contributed by atoms with Gasteiger partial charge in [-0.15, -0.1) is 11.8 Å². The summed E-state index contributed by atoms with van der Waals surface area (Å²) in [4.78, 5) is 14.0. The van der Waals surface area contributed by atoms with Crippen molar-refractivity contribution in [1.29, 1.82) is 0 Å². The smallest absolute Gasteiger partial charge is 0.242 e. The highest BCUT2D eigenvalue weighted by Gasteiger charge is 2.22. The Hall–Kier alpha value is -2.72. The molecule has 0 spiro atoms. The first-order valence-electron chi connectivity index (χ1n) is 8.41. The summed E-state index contributed by atoms with van der Waals surface area (Å²) in [6, 6.07) is 22.7. The second-order valence-corrected chi connectivity index (χ2v) is 7.39. The molecule has 0 saturated carbocycles. The molecule has 0 bridgehead atoms. The van der Waals surface area contributed by atoms with Crippen LogP contribution in [0.2, 0.25) is 0 Å². The van der Waals surface area contributed by atoms with E-state index in [1.54, 1.807) is 12.1 Å². The molecular weight excluding hydrogens is 342 g/mol. The number of nitrogens with one attached hydrogen (secondary N) is 1. The van der Waals surface area contributed by atoms with Crippen LogP contribution >= 0.6 is 11.8 Å². The average Bonchev–Trinajstić information content (AvgIpc) is 2.65. The summed E-state index contributed by atoms with van der Waals surface area (Å²) >= 11 is 1.46. The second kappa shape index (κ2) is 8.11. The van der Waals surface area contributed by atoms with Crippen LogP contribution in [0.3, 0.4) is 0 Å². The maximum absolute atomic E-state index is 13.1. The maximum atomic E-state index is 13.1. The average molecular weight is 363 g/mol. The number of thioether (sulfide) groups is 1. The van der Waals surface area contributed by atoms with Crippen LogP contribution in [0.25, 0.3) is 0 Å². The molecule has 4 heteroatoms. The van der Waals surface area contributed by atoms with Gasteiger partial charge in [-0.25, -0.2) is 0 Å². The van der Waals surface area contributed by atoms with Gasteiger partial charge >= 0.3 is 0 Å². The number of carbonyl (C=O) groups is 1. The molecule has 3 nitrogen and oxygen atoms in total. The van der Waals surface area contributed by atoms with Gasteiger partial charge in [0.2, 0.25) is 5.91 Å². The van der Waals surface area contributed by atoms with Crippen molar-refractivity contribution in [2.75, 3.05) is 5.32 Å². The summed E-state index contributed by atoms with van der Waals surface area (Å²) in [6.07, 6.45) is 0. The zero-order valence-electron chi connectivity index (χ0n) is 14.8. The molecule has 3 aromatic carbocycles. The molecule has 0 aromatic heterocycles. The van der Waals surface area contributed by atoms with E-state index in [9.17, 15) is 9.90 Å². The fourth-order valence-electron chi connectivity index (χ4n) is 2.63. The normalized spacial score (nSPS) is 11.8. The third kappa shape index (κ3) is 4.46. The number of anilines is 1. The number of phenolic OH excluding ortho intramolecular Hbond substituents is 1. The molecule has 0 fully saturated rings. The summed E-state index contributed by atoms with van der Waals surface area (Å²) in [5.74, 6) is 0.147. The number of hydrogen-bond donors (Lipinski definition) is 2. The van der Waals surface area contributed by atoms with Crippen molar-refractivity contribution < 1.29 is 9.90 Å². The summed E-state index contributed by atoms with van der Waals surface area (Å²) in [5, 5.41) is 12.2. The molecule has 0 aliphatic rings. The van der Waals surface area contributed by atoms with Gasteiger partial charge < -0.3 is 10.4 Å². The topological polar surface area (TPSA) is 49.3 Å².